The zero-order valence-electron chi connectivity index (χ0n) is 14.9. The van der Waals surface area contributed by atoms with Gasteiger partial charge in [0.1, 0.15) is 11.6 Å². The van der Waals surface area contributed by atoms with Crippen LogP contribution in [0.3, 0.4) is 0 Å². The second kappa shape index (κ2) is 7.45. The largest absolute Gasteiger partial charge is 0.396 e. The normalized spacial score (nSPS) is 17.0. The third-order valence-corrected chi connectivity index (χ3v) is 5.01. The molecule has 0 saturated carbocycles. The molecule has 130 valence electrons. The lowest BCUT2D eigenvalue weighted by Gasteiger charge is -2.29. The summed E-state index contributed by atoms with van der Waals surface area (Å²) in [6, 6.07) is 9.14. The van der Waals surface area contributed by atoms with E-state index in [0.717, 1.165) is 44.0 Å². The smallest absolute Gasteiger partial charge is 0.146 e. The van der Waals surface area contributed by atoms with Crippen LogP contribution in [-0.4, -0.2) is 37.9 Å². The molecule has 24 heavy (non-hydrogen) atoms. The van der Waals surface area contributed by atoms with Crippen LogP contribution in [0.15, 0.2) is 24.3 Å². The summed E-state index contributed by atoms with van der Waals surface area (Å²) in [5.74, 6) is 2.40. The molecule has 0 amide bonds. The van der Waals surface area contributed by atoms with Gasteiger partial charge in [0.05, 0.1) is 6.54 Å². The van der Waals surface area contributed by atoms with E-state index < -0.39 is 0 Å². The summed E-state index contributed by atoms with van der Waals surface area (Å²) in [4.78, 5) is 2.45. The standard InChI is InChI=1S/C19H28N4O/c1-14(2)19-21-20-18(22(19)3)13-23(11-6-12-24)17-10-9-15-7-4-5-8-16(15)17/h4-5,7-8,14,17,24H,6,9-13H2,1-3H3. The summed E-state index contributed by atoms with van der Waals surface area (Å²) in [5.41, 5.74) is 2.89. The number of aliphatic hydroxyl groups is 1. The molecule has 1 aromatic heterocycles. The van der Waals surface area contributed by atoms with Gasteiger partial charge in [-0.2, -0.15) is 0 Å². The molecule has 5 heteroatoms. The minimum Gasteiger partial charge on any atom is -0.396 e. The Hall–Kier alpha value is -1.72. The number of rotatable bonds is 7. The van der Waals surface area contributed by atoms with Crippen LogP contribution in [0.1, 0.15) is 61.4 Å². The van der Waals surface area contributed by atoms with E-state index in [1.165, 1.54) is 11.1 Å². The zero-order valence-corrected chi connectivity index (χ0v) is 14.9. The second-order valence-electron chi connectivity index (χ2n) is 6.99. The molecule has 1 unspecified atom stereocenters. The molecule has 0 radical (unpaired) electrons. The first kappa shape index (κ1) is 17.1. The van der Waals surface area contributed by atoms with Crippen LogP contribution in [0.4, 0.5) is 0 Å². The number of benzene rings is 1. The van der Waals surface area contributed by atoms with Crippen molar-refractivity contribution in [1.29, 1.82) is 0 Å². The van der Waals surface area contributed by atoms with Gasteiger partial charge in [-0.05, 0) is 30.4 Å². The molecular formula is C19H28N4O. The summed E-state index contributed by atoms with van der Waals surface area (Å²) in [7, 11) is 2.05. The number of nitrogens with zero attached hydrogens (tertiary/aromatic N) is 4. The van der Waals surface area contributed by atoms with Crippen LogP contribution in [0.25, 0.3) is 0 Å². The molecule has 1 aliphatic carbocycles. The molecule has 0 saturated heterocycles. The van der Waals surface area contributed by atoms with Crippen molar-refractivity contribution in [3.63, 3.8) is 0 Å². The molecule has 3 rings (SSSR count). The van der Waals surface area contributed by atoms with Gasteiger partial charge in [-0.1, -0.05) is 38.1 Å². The highest BCUT2D eigenvalue weighted by atomic mass is 16.3. The van der Waals surface area contributed by atoms with Crippen LogP contribution < -0.4 is 0 Å². The van der Waals surface area contributed by atoms with Gasteiger partial charge in [-0.15, -0.1) is 10.2 Å². The topological polar surface area (TPSA) is 54.2 Å². The van der Waals surface area contributed by atoms with Gasteiger partial charge in [0, 0.05) is 32.2 Å². The maximum Gasteiger partial charge on any atom is 0.146 e. The highest BCUT2D eigenvalue weighted by Gasteiger charge is 2.28. The molecule has 0 fully saturated rings. The quantitative estimate of drug-likeness (QED) is 0.849. The highest BCUT2D eigenvalue weighted by molar-refractivity contribution is 5.34. The predicted molar refractivity (Wildman–Crippen MR) is 94.7 cm³/mol. The van der Waals surface area contributed by atoms with Gasteiger partial charge in [0.2, 0.25) is 0 Å². The zero-order chi connectivity index (χ0) is 17.1. The maximum atomic E-state index is 9.29. The van der Waals surface area contributed by atoms with Crippen LogP contribution in [0.5, 0.6) is 0 Å². The molecule has 1 aliphatic rings. The molecule has 0 aliphatic heterocycles. The Morgan fingerprint density at radius 2 is 2.08 bits per heavy atom. The van der Waals surface area contributed by atoms with E-state index in [-0.39, 0.29) is 6.61 Å². The van der Waals surface area contributed by atoms with Crippen molar-refractivity contribution >= 4 is 0 Å². The van der Waals surface area contributed by atoms with Gasteiger partial charge >= 0.3 is 0 Å². The summed E-state index contributed by atoms with van der Waals surface area (Å²) >= 11 is 0. The Morgan fingerprint density at radius 1 is 1.29 bits per heavy atom. The Kier molecular flexibility index (Phi) is 5.31. The van der Waals surface area contributed by atoms with Crippen molar-refractivity contribution in [3.8, 4) is 0 Å². The third kappa shape index (κ3) is 3.37. The van der Waals surface area contributed by atoms with Crippen molar-refractivity contribution in [2.45, 2.75) is 51.6 Å². The van der Waals surface area contributed by atoms with E-state index in [1.807, 2.05) is 0 Å². The van der Waals surface area contributed by atoms with E-state index in [1.54, 1.807) is 0 Å². The van der Waals surface area contributed by atoms with E-state index in [2.05, 4.69) is 64.8 Å². The van der Waals surface area contributed by atoms with Gasteiger partial charge < -0.3 is 9.67 Å². The van der Waals surface area contributed by atoms with Crippen molar-refractivity contribution in [2.75, 3.05) is 13.2 Å². The molecule has 1 N–H and O–H groups in total. The van der Waals surface area contributed by atoms with Crippen molar-refractivity contribution in [2.24, 2.45) is 7.05 Å². The van der Waals surface area contributed by atoms with Crippen LogP contribution in [-0.2, 0) is 20.0 Å². The minimum atomic E-state index is 0.223. The first-order valence-electron chi connectivity index (χ1n) is 8.92. The van der Waals surface area contributed by atoms with Crippen LogP contribution in [0.2, 0.25) is 0 Å². The maximum absolute atomic E-state index is 9.29. The Labute approximate surface area is 144 Å². The number of hydrogen-bond donors (Lipinski definition) is 1. The summed E-state index contributed by atoms with van der Waals surface area (Å²) in [6.07, 6.45) is 3.06. The lowest BCUT2D eigenvalue weighted by Crippen LogP contribution is -2.30. The van der Waals surface area contributed by atoms with E-state index in [4.69, 9.17) is 0 Å². The number of aromatic nitrogens is 3. The molecular weight excluding hydrogens is 300 g/mol. The number of hydrogen-bond acceptors (Lipinski definition) is 4. The first-order chi connectivity index (χ1) is 11.6. The number of aliphatic hydroxyl groups excluding tert-OH is 1. The van der Waals surface area contributed by atoms with E-state index >= 15 is 0 Å². The van der Waals surface area contributed by atoms with Crippen molar-refractivity contribution < 1.29 is 5.11 Å². The lowest BCUT2D eigenvalue weighted by molar-refractivity contribution is 0.160. The van der Waals surface area contributed by atoms with E-state index in [9.17, 15) is 5.11 Å². The molecule has 1 heterocycles. The summed E-state index contributed by atoms with van der Waals surface area (Å²) < 4.78 is 2.12. The second-order valence-corrected chi connectivity index (χ2v) is 6.99. The Morgan fingerprint density at radius 3 is 2.79 bits per heavy atom. The van der Waals surface area contributed by atoms with E-state index in [0.29, 0.717) is 12.0 Å². The fraction of sp³-hybridized carbons (Fsp3) is 0.579. The lowest BCUT2D eigenvalue weighted by atomic mass is 10.1. The summed E-state index contributed by atoms with van der Waals surface area (Å²) in [6.45, 7) is 6.16. The first-order valence-corrected chi connectivity index (χ1v) is 8.92. The predicted octanol–water partition coefficient (Wildman–Crippen LogP) is 2.81. The van der Waals surface area contributed by atoms with Crippen LogP contribution >= 0.6 is 0 Å². The average Bonchev–Trinajstić information content (AvgIpc) is 3.15. The Balaban J connectivity index is 1.83. The fourth-order valence-corrected chi connectivity index (χ4v) is 3.73. The Bertz CT molecular complexity index is 680. The number of fused-ring (bicyclic) bond motifs is 1. The van der Waals surface area contributed by atoms with Gasteiger partial charge in [-0.25, -0.2) is 0 Å². The van der Waals surface area contributed by atoms with Crippen molar-refractivity contribution in [3.05, 3.63) is 47.0 Å². The third-order valence-electron chi connectivity index (χ3n) is 5.01. The average molecular weight is 328 g/mol. The van der Waals surface area contributed by atoms with Crippen molar-refractivity contribution in [1.82, 2.24) is 19.7 Å². The molecule has 0 bridgehead atoms. The monoisotopic (exact) mass is 328 g/mol. The molecule has 0 spiro atoms. The molecule has 2 aromatic rings. The molecule has 1 atom stereocenters. The number of aryl methyl sites for hydroxylation is 1. The minimum absolute atomic E-state index is 0.223. The SMILES string of the molecule is CC(C)c1nnc(CN(CCCO)C2CCc3ccccc32)n1C. The van der Waals surface area contributed by atoms with Gasteiger partial charge in [0.25, 0.3) is 0 Å². The fourth-order valence-electron chi connectivity index (χ4n) is 3.73. The van der Waals surface area contributed by atoms with Gasteiger partial charge in [-0.3, -0.25) is 4.90 Å². The molecule has 5 nitrogen and oxygen atoms in total. The van der Waals surface area contributed by atoms with Gasteiger partial charge in [0.15, 0.2) is 0 Å². The summed E-state index contributed by atoms with van der Waals surface area (Å²) in [5, 5.41) is 18.1. The highest BCUT2D eigenvalue weighted by Crippen LogP contribution is 2.36. The molecule has 1 aromatic carbocycles. The van der Waals surface area contributed by atoms with Crippen LogP contribution in [0, 0.1) is 0 Å².